The molecule has 128 valence electrons. The molecule has 1 N–H and O–H groups in total. The van der Waals surface area contributed by atoms with Crippen molar-refractivity contribution in [2.75, 3.05) is 13.1 Å². The monoisotopic (exact) mass is 311 g/mol. The van der Waals surface area contributed by atoms with Crippen LogP contribution in [0.3, 0.4) is 0 Å². The highest BCUT2D eigenvalue weighted by molar-refractivity contribution is 5.75. The van der Waals surface area contributed by atoms with Crippen LogP contribution in [0, 0.1) is 5.92 Å². The Kier molecular flexibility index (Phi) is 4.94. The van der Waals surface area contributed by atoms with Crippen molar-refractivity contribution in [1.29, 1.82) is 0 Å². The molecule has 2 rings (SSSR count). The fourth-order valence-electron chi connectivity index (χ4n) is 3.93. The topological polar surface area (TPSA) is 49.8 Å². The molecule has 2 fully saturated rings. The van der Waals surface area contributed by atoms with Crippen LogP contribution in [-0.4, -0.2) is 45.8 Å². The third-order valence-electron chi connectivity index (χ3n) is 5.32. The summed E-state index contributed by atoms with van der Waals surface area (Å²) < 4.78 is 5.59. The van der Waals surface area contributed by atoms with Gasteiger partial charge >= 0.3 is 5.97 Å². The summed E-state index contributed by atoms with van der Waals surface area (Å²) in [5.74, 6) is -0.213. The molecular formula is C18H33NO3. The number of aliphatic hydroxyl groups is 1. The molecule has 4 nitrogen and oxygen atoms in total. The highest BCUT2D eigenvalue weighted by atomic mass is 16.6. The molecule has 0 unspecified atom stereocenters. The first-order valence-corrected chi connectivity index (χ1v) is 8.74. The second-order valence-electron chi connectivity index (χ2n) is 8.73. The zero-order valence-electron chi connectivity index (χ0n) is 14.9. The van der Waals surface area contributed by atoms with E-state index in [0.29, 0.717) is 6.54 Å². The van der Waals surface area contributed by atoms with Gasteiger partial charge in [-0.2, -0.15) is 0 Å². The summed E-state index contributed by atoms with van der Waals surface area (Å²) >= 11 is 0. The van der Waals surface area contributed by atoms with E-state index < -0.39 is 11.2 Å². The van der Waals surface area contributed by atoms with E-state index in [-0.39, 0.29) is 17.4 Å². The van der Waals surface area contributed by atoms with E-state index in [0.717, 1.165) is 38.6 Å². The van der Waals surface area contributed by atoms with Crippen molar-refractivity contribution in [3.8, 4) is 0 Å². The van der Waals surface area contributed by atoms with Gasteiger partial charge in [-0.15, -0.1) is 0 Å². The summed E-state index contributed by atoms with van der Waals surface area (Å²) in [6.07, 6.45) is 6.04. The average molecular weight is 311 g/mol. The van der Waals surface area contributed by atoms with Gasteiger partial charge in [0.05, 0.1) is 11.5 Å². The zero-order chi connectivity index (χ0) is 16.6. The lowest BCUT2D eigenvalue weighted by molar-refractivity contribution is -0.163. The standard InChI is InChI=1S/C18H33NO3/c1-16(2,3)22-15(20)14-9-12-19(17(14,4)5)13-18(21)10-7-6-8-11-18/h14,21H,6-13H2,1-5H3/t14-/m1/s1. The molecule has 1 aliphatic carbocycles. The van der Waals surface area contributed by atoms with Crippen molar-refractivity contribution in [3.63, 3.8) is 0 Å². The number of nitrogens with zero attached hydrogens (tertiary/aromatic N) is 1. The number of β-amino-alcohol motifs (C(OH)–C–C–N with tert-alkyl or cyclic N) is 1. The van der Waals surface area contributed by atoms with Crippen molar-refractivity contribution in [3.05, 3.63) is 0 Å². The van der Waals surface area contributed by atoms with E-state index in [4.69, 9.17) is 4.74 Å². The molecule has 1 aliphatic heterocycles. The van der Waals surface area contributed by atoms with Gasteiger partial charge < -0.3 is 9.84 Å². The lowest BCUT2D eigenvalue weighted by Gasteiger charge is -2.42. The van der Waals surface area contributed by atoms with E-state index in [2.05, 4.69) is 18.7 Å². The maximum atomic E-state index is 12.5. The van der Waals surface area contributed by atoms with E-state index >= 15 is 0 Å². The van der Waals surface area contributed by atoms with Crippen LogP contribution in [0.15, 0.2) is 0 Å². The molecule has 22 heavy (non-hydrogen) atoms. The van der Waals surface area contributed by atoms with E-state index in [9.17, 15) is 9.90 Å². The first-order valence-electron chi connectivity index (χ1n) is 8.74. The zero-order valence-corrected chi connectivity index (χ0v) is 14.9. The van der Waals surface area contributed by atoms with Gasteiger partial charge in [0.15, 0.2) is 0 Å². The van der Waals surface area contributed by atoms with Crippen LogP contribution < -0.4 is 0 Å². The third-order valence-corrected chi connectivity index (χ3v) is 5.32. The summed E-state index contributed by atoms with van der Waals surface area (Å²) in [4.78, 5) is 14.8. The predicted molar refractivity (Wildman–Crippen MR) is 87.6 cm³/mol. The minimum Gasteiger partial charge on any atom is -0.460 e. The van der Waals surface area contributed by atoms with Crippen molar-refractivity contribution in [1.82, 2.24) is 4.90 Å². The molecule has 0 aromatic heterocycles. The lowest BCUT2D eigenvalue weighted by atomic mass is 9.82. The maximum absolute atomic E-state index is 12.5. The van der Waals surface area contributed by atoms with Gasteiger partial charge in [-0.3, -0.25) is 9.69 Å². The summed E-state index contributed by atoms with van der Waals surface area (Å²) in [5.41, 5.74) is -1.27. The molecule has 1 atom stereocenters. The highest BCUT2D eigenvalue weighted by Gasteiger charge is 2.48. The molecule has 0 amide bonds. The van der Waals surface area contributed by atoms with Crippen molar-refractivity contribution in [2.24, 2.45) is 5.92 Å². The van der Waals surface area contributed by atoms with Crippen LogP contribution in [-0.2, 0) is 9.53 Å². The number of carbonyl (C=O) groups is 1. The third kappa shape index (κ3) is 4.02. The van der Waals surface area contributed by atoms with Crippen LogP contribution in [0.25, 0.3) is 0 Å². The largest absolute Gasteiger partial charge is 0.460 e. The van der Waals surface area contributed by atoms with Gasteiger partial charge in [0, 0.05) is 12.1 Å². The van der Waals surface area contributed by atoms with Gasteiger partial charge in [-0.25, -0.2) is 0 Å². The second kappa shape index (κ2) is 6.12. The number of likely N-dealkylation sites (tertiary alicyclic amines) is 1. The number of rotatable bonds is 3. The molecular weight excluding hydrogens is 278 g/mol. The first-order chi connectivity index (χ1) is 10.0. The number of carbonyl (C=O) groups excluding carboxylic acids is 1. The Labute approximate surface area is 135 Å². The van der Waals surface area contributed by atoms with Crippen LogP contribution in [0.4, 0.5) is 0 Å². The number of esters is 1. The fourth-order valence-corrected chi connectivity index (χ4v) is 3.93. The molecule has 1 saturated carbocycles. The summed E-state index contributed by atoms with van der Waals surface area (Å²) in [6.45, 7) is 11.5. The van der Waals surface area contributed by atoms with Crippen molar-refractivity contribution < 1.29 is 14.6 Å². The highest BCUT2D eigenvalue weighted by Crippen LogP contribution is 2.39. The normalized spacial score (nSPS) is 28.5. The lowest BCUT2D eigenvalue weighted by Crippen LogP contribution is -2.52. The minimum atomic E-state index is -0.571. The average Bonchev–Trinajstić information content (AvgIpc) is 2.63. The SMILES string of the molecule is CC(C)(C)OC(=O)[C@H]1CCN(CC2(O)CCCCC2)C1(C)C. The smallest absolute Gasteiger partial charge is 0.311 e. The second-order valence-corrected chi connectivity index (χ2v) is 8.73. The van der Waals surface area contributed by atoms with Crippen LogP contribution >= 0.6 is 0 Å². The quantitative estimate of drug-likeness (QED) is 0.814. The molecule has 0 spiro atoms. The van der Waals surface area contributed by atoms with Crippen LogP contribution in [0.5, 0.6) is 0 Å². The predicted octanol–water partition coefficient (Wildman–Crippen LogP) is 3.12. The fraction of sp³-hybridized carbons (Fsp3) is 0.944. The summed E-state index contributed by atoms with van der Waals surface area (Å²) in [7, 11) is 0. The Morgan fingerprint density at radius 1 is 1.23 bits per heavy atom. The Balaban J connectivity index is 2.02. The Morgan fingerprint density at radius 2 is 1.82 bits per heavy atom. The van der Waals surface area contributed by atoms with Gasteiger partial charge in [0.25, 0.3) is 0 Å². The molecule has 0 radical (unpaired) electrons. The van der Waals surface area contributed by atoms with E-state index in [1.165, 1.54) is 6.42 Å². The number of ether oxygens (including phenoxy) is 1. The summed E-state index contributed by atoms with van der Waals surface area (Å²) in [6, 6.07) is 0. The Morgan fingerprint density at radius 3 is 2.36 bits per heavy atom. The van der Waals surface area contributed by atoms with Crippen molar-refractivity contribution in [2.45, 2.75) is 89.9 Å². The Bertz CT molecular complexity index is 405. The molecule has 0 aromatic rings. The van der Waals surface area contributed by atoms with E-state index in [1.807, 2.05) is 20.8 Å². The molecule has 0 aromatic carbocycles. The first kappa shape index (κ1) is 17.7. The van der Waals surface area contributed by atoms with Gasteiger partial charge in [-0.1, -0.05) is 19.3 Å². The molecule has 4 heteroatoms. The van der Waals surface area contributed by atoms with Gasteiger partial charge in [0.2, 0.25) is 0 Å². The summed E-state index contributed by atoms with van der Waals surface area (Å²) in [5, 5.41) is 10.8. The maximum Gasteiger partial charge on any atom is 0.311 e. The van der Waals surface area contributed by atoms with Crippen LogP contribution in [0.1, 0.15) is 73.1 Å². The minimum absolute atomic E-state index is 0.101. The Hall–Kier alpha value is -0.610. The van der Waals surface area contributed by atoms with Gasteiger partial charge in [0.1, 0.15) is 5.60 Å². The van der Waals surface area contributed by atoms with Crippen molar-refractivity contribution >= 4 is 5.97 Å². The number of hydrogen-bond acceptors (Lipinski definition) is 4. The van der Waals surface area contributed by atoms with Crippen LogP contribution in [0.2, 0.25) is 0 Å². The molecule has 2 aliphatic rings. The number of hydrogen-bond donors (Lipinski definition) is 1. The molecule has 1 heterocycles. The van der Waals surface area contributed by atoms with Gasteiger partial charge in [-0.05, 0) is 60.4 Å². The molecule has 1 saturated heterocycles. The van der Waals surface area contributed by atoms with E-state index in [1.54, 1.807) is 0 Å². The molecule has 0 bridgehead atoms.